The van der Waals surface area contributed by atoms with Crippen LogP contribution in [0.5, 0.6) is 0 Å². The van der Waals surface area contributed by atoms with Gasteiger partial charge in [0.15, 0.2) is 0 Å². The quantitative estimate of drug-likeness (QED) is 0.753. The maximum atomic E-state index is 12.1. The molecule has 1 aliphatic heterocycles. The number of hydrogen-bond acceptors (Lipinski definition) is 6. The van der Waals surface area contributed by atoms with Gasteiger partial charge in [0, 0.05) is 0 Å². The Bertz CT molecular complexity index is 632. The number of ether oxygens (including phenoxy) is 1. The third-order valence-electron chi connectivity index (χ3n) is 3.38. The molecular formula is C17H22N2O6. The number of alkyl carbamates (subject to hydrolysis) is 1. The van der Waals surface area contributed by atoms with Crippen LogP contribution in [0, 0.1) is 0 Å². The molecule has 136 valence electrons. The van der Waals surface area contributed by atoms with Crippen molar-refractivity contribution in [3.63, 3.8) is 0 Å². The Morgan fingerprint density at radius 2 is 1.76 bits per heavy atom. The zero-order valence-electron chi connectivity index (χ0n) is 14.4. The van der Waals surface area contributed by atoms with Gasteiger partial charge in [0.2, 0.25) is 0 Å². The molecule has 2 N–H and O–H groups in total. The number of nitrogens with one attached hydrogen (secondary N) is 1. The molecule has 0 bridgehead atoms. The van der Waals surface area contributed by atoms with Gasteiger partial charge in [-0.15, -0.1) is 5.06 Å². The average molecular weight is 350 g/mol. The highest BCUT2D eigenvalue weighted by Crippen LogP contribution is 2.22. The molecule has 1 aromatic rings. The van der Waals surface area contributed by atoms with Crippen LogP contribution in [-0.2, 0) is 9.57 Å². The van der Waals surface area contributed by atoms with Crippen molar-refractivity contribution >= 4 is 17.9 Å². The summed E-state index contributed by atoms with van der Waals surface area (Å²) in [5.74, 6) is -1.05. The van der Waals surface area contributed by atoms with Gasteiger partial charge in [0.1, 0.15) is 5.60 Å². The molecule has 1 aromatic carbocycles. The second-order valence-corrected chi connectivity index (χ2v) is 6.60. The van der Waals surface area contributed by atoms with E-state index < -0.39 is 29.6 Å². The Balaban J connectivity index is 1.84. The number of fused-ring (bicyclic) bond motifs is 1. The van der Waals surface area contributed by atoms with E-state index in [2.05, 4.69) is 5.32 Å². The van der Waals surface area contributed by atoms with E-state index in [9.17, 15) is 19.5 Å². The Morgan fingerprint density at radius 3 is 2.24 bits per heavy atom. The Morgan fingerprint density at radius 1 is 1.20 bits per heavy atom. The lowest BCUT2D eigenvalue weighted by molar-refractivity contribution is -0.0942. The zero-order valence-corrected chi connectivity index (χ0v) is 14.4. The average Bonchev–Trinajstić information content (AvgIpc) is 2.77. The molecule has 0 radical (unpaired) electrons. The molecule has 25 heavy (non-hydrogen) atoms. The van der Waals surface area contributed by atoms with Crippen LogP contribution >= 0.6 is 0 Å². The van der Waals surface area contributed by atoms with Gasteiger partial charge in [0.05, 0.1) is 30.4 Å². The molecule has 0 aliphatic carbocycles. The number of hydroxylamine groups is 2. The number of aliphatic hydroxyl groups is 1. The first kappa shape index (κ1) is 18.9. The standard InChI is InChI=1S/C17H22N2O6/c1-17(2,3)25-16(23)18-11(10-20)8-9-24-19-14(21)12-6-4-5-7-13(12)15(19)22/h4-7,11,20H,8-10H2,1-3H3,(H,18,23)/t11-/m0/s1. The summed E-state index contributed by atoms with van der Waals surface area (Å²) >= 11 is 0. The summed E-state index contributed by atoms with van der Waals surface area (Å²) in [6.45, 7) is 4.82. The lowest BCUT2D eigenvalue weighted by Gasteiger charge is -2.23. The van der Waals surface area contributed by atoms with Crippen LogP contribution < -0.4 is 5.32 Å². The molecule has 0 aromatic heterocycles. The number of benzene rings is 1. The first-order chi connectivity index (χ1) is 11.7. The molecule has 0 saturated carbocycles. The highest BCUT2D eigenvalue weighted by Gasteiger charge is 2.36. The van der Waals surface area contributed by atoms with Crippen molar-refractivity contribution < 1.29 is 29.1 Å². The minimum absolute atomic E-state index is 0.0352. The summed E-state index contributed by atoms with van der Waals surface area (Å²) in [7, 11) is 0. The molecule has 1 heterocycles. The van der Waals surface area contributed by atoms with Gasteiger partial charge in [-0.05, 0) is 39.3 Å². The van der Waals surface area contributed by atoms with Crippen LogP contribution in [0.1, 0.15) is 47.9 Å². The van der Waals surface area contributed by atoms with Gasteiger partial charge in [-0.25, -0.2) is 4.79 Å². The number of nitrogens with zero attached hydrogens (tertiary/aromatic N) is 1. The van der Waals surface area contributed by atoms with E-state index in [4.69, 9.17) is 9.57 Å². The fourth-order valence-corrected chi connectivity index (χ4v) is 2.25. The first-order valence-electron chi connectivity index (χ1n) is 7.94. The first-order valence-corrected chi connectivity index (χ1v) is 7.94. The third-order valence-corrected chi connectivity index (χ3v) is 3.38. The molecule has 8 nitrogen and oxygen atoms in total. The molecule has 2 rings (SSSR count). The molecule has 0 unspecified atom stereocenters. The van der Waals surface area contributed by atoms with Crippen molar-refractivity contribution in [2.24, 2.45) is 0 Å². The maximum absolute atomic E-state index is 12.1. The van der Waals surface area contributed by atoms with Crippen LogP contribution in [0.2, 0.25) is 0 Å². The smallest absolute Gasteiger partial charge is 0.407 e. The van der Waals surface area contributed by atoms with E-state index >= 15 is 0 Å². The lowest BCUT2D eigenvalue weighted by atomic mass is 10.1. The second-order valence-electron chi connectivity index (χ2n) is 6.60. The topological polar surface area (TPSA) is 105 Å². The summed E-state index contributed by atoms with van der Waals surface area (Å²) in [6, 6.07) is 5.82. The number of aliphatic hydroxyl groups excluding tert-OH is 1. The number of rotatable bonds is 6. The maximum Gasteiger partial charge on any atom is 0.407 e. The van der Waals surface area contributed by atoms with Crippen LogP contribution in [0.4, 0.5) is 4.79 Å². The number of hydrogen-bond donors (Lipinski definition) is 2. The normalized spacial score (nSPS) is 15.1. The molecule has 0 saturated heterocycles. The minimum atomic E-state index is -0.660. The van der Waals surface area contributed by atoms with Crippen LogP contribution in [-0.4, -0.2) is 52.9 Å². The summed E-state index contributed by atoms with van der Waals surface area (Å²) in [4.78, 5) is 41.2. The van der Waals surface area contributed by atoms with E-state index in [1.165, 1.54) is 0 Å². The molecule has 3 amide bonds. The van der Waals surface area contributed by atoms with E-state index in [0.717, 1.165) is 0 Å². The minimum Gasteiger partial charge on any atom is -0.444 e. The fourth-order valence-electron chi connectivity index (χ4n) is 2.25. The van der Waals surface area contributed by atoms with Crippen LogP contribution in [0.15, 0.2) is 24.3 Å². The van der Waals surface area contributed by atoms with Crippen molar-refractivity contribution in [3.05, 3.63) is 35.4 Å². The summed E-state index contributed by atoms with van der Waals surface area (Å²) in [6.07, 6.45) is -0.462. The van der Waals surface area contributed by atoms with E-state index in [1.807, 2.05) is 0 Å². The monoisotopic (exact) mass is 350 g/mol. The molecule has 1 aliphatic rings. The van der Waals surface area contributed by atoms with Crippen molar-refractivity contribution in [2.75, 3.05) is 13.2 Å². The van der Waals surface area contributed by atoms with E-state index in [0.29, 0.717) is 5.06 Å². The van der Waals surface area contributed by atoms with Gasteiger partial charge < -0.3 is 15.2 Å². The molecular weight excluding hydrogens is 328 g/mol. The summed E-state index contributed by atoms with van der Waals surface area (Å²) in [5, 5.41) is 12.5. The molecule has 0 fully saturated rings. The van der Waals surface area contributed by atoms with Gasteiger partial charge in [-0.1, -0.05) is 12.1 Å². The SMILES string of the molecule is CC(C)(C)OC(=O)N[C@H](CO)CCON1C(=O)c2ccccc2C1=O. The summed E-state index contributed by atoms with van der Waals surface area (Å²) < 4.78 is 5.11. The fraction of sp³-hybridized carbons (Fsp3) is 0.471. The number of amides is 3. The Kier molecular flexibility index (Phi) is 5.76. The number of imide groups is 1. The Hall–Kier alpha value is -2.45. The van der Waals surface area contributed by atoms with Crippen LogP contribution in [0.25, 0.3) is 0 Å². The summed E-state index contributed by atoms with van der Waals surface area (Å²) in [5.41, 5.74) is -0.0722. The van der Waals surface area contributed by atoms with Crippen molar-refractivity contribution in [1.29, 1.82) is 0 Å². The number of carbonyl (C=O) groups is 3. The van der Waals surface area contributed by atoms with Crippen molar-refractivity contribution in [2.45, 2.75) is 38.8 Å². The highest BCUT2D eigenvalue weighted by molar-refractivity contribution is 6.20. The van der Waals surface area contributed by atoms with E-state index in [1.54, 1.807) is 45.0 Å². The number of carbonyl (C=O) groups excluding carboxylic acids is 3. The van der Waals surface area contributed by atoms with Crippen molar-refractivity contribution in [3.8, 4) is 0 Å². The molecule has 0 spiro atoms. The second kappa shape index (κ2) is 7.62. The van der Waals surface area contributed by atoms with Crippen molar-refractivity contribution in [1.82, 2.24) is 10.4 Å². The zero-order chi connectivity index (χ0) is 18.6. The largest absolute Gasteiger partial charge is 0.444 e. The molecule has 8 heteroatoms. The molecule has 1 atom stereocenters. The van der Waals surface area contributed by atoms with Gasteiger partial charge in [-0.2, -0.15) is 0 Å². The van der Waals surface area contributed by atoms with Gasteiger partial charge in [0.25, 0.3) is 11.8 Å². The van der Waals surface area contributed by atoms with Gasteiger partial charge in [-0.3, -0.25) is 14.4 Å². The van der Waals surface area contributed by atoms with Crippen LogP contribution in [0.3, 0.4) is 0 Å². The highest BCUT2D eigenvalue weighted by atomic mass is 16.7. The predicted octanol–water partition coefficient (Wildman–Crippen LogP) is 1.49. The van der Waals surface area contributed by atoms with E-state index in [-0.39, 0.29) is 30.8 Å². The predicted molar refractivity (Wildman–Crippen MR) is 87.8 cm³/mol. The lowest BCUT2D eigenvalue weighted by Crippen LogP contribution is -2.42. The third kappa shape index (κ3) is 4.77. The Labute approximate surface area is 145 Å². The van der Waals surface area contributed by atoms with Gasteiger partial charge >= 0.3 is 6.09 Å².